The molecule has 6 nitrogen and oxygen atoms in total. The molecule has 1 aliphatic heterocycles. The van der Waals surface area contributed by atoms with Crippen molar-refractivity contribution in [2.45, 2.75) is 63.5 Å². The molecule has 1 aliphatic carbocycles. The van der Waals surface area contributed by atoms with E-state index in [-0.39, 0.29) is 5.41 Å². The SMILES string of the molecule is CN=C(NCC1(c2cccc(Br)c2)CCCC1)NC1CCc2nc(C)nn2C1. The van der Waals surface area contributed by atoms with E-state index in [1.165, 1.54) is 31.2 Å². The fraction of sp³-hybridized carbons (Fsp3) is 0.571. The number of nitrogens with one attached hydrogen (secondary N) is 2. The largest absolute Gasteiger partial charge is 0.356 e. The second kappa shape index (κ2) is 8.23. The van der Waals surface area contributed by atoms with E-state index in [2.05, 4.69) is 65.9 Å². The minimum absolute atomic E-state index is 0.185. The van der Waals surface area contributed by atoms with Gasteiger partial charge in [0.1, 0.15) is 11.6 Å². The molecule has 28 heavy (non-hydrogen) atoms. The summed E-state index contributed by atoms with van der Waals surface area (Å²) in [4.78, 5) is 8.98. The summed E-state index contributed by atoms with van der Waals surface area (Å²) >= 11 is 3.64. The van der Waals surface area contributed by atoms with Gasteiger partial charge in [0.2, 0.25) is 0 Å². The molecule has 0 radical (unpaired) electrons. The fourth-order valence-corrected chi connectivity index (χ4v) is 5.03. The van der Waals surface area contributed by atoms with Gasteiger partial charge < -0.3 is 10.6 Å². The number of guanidine groups is 1. The van der Waals surface area contributed by atoms with Crippen LogP contribution in [0.5, 0.6) is 0 Å². The van der Waals surface area contributed by atoms with Crippen LogP contribution in [0.25, 0.3) is 0 Å². The molecule has 1 aromatic heterocycles. The second-order valence-electron chi connectivity index (χ2n) is 8.06. The molecular weight excluding hydrogens is 416 g/mol. The van der Waals surface area contributed by atoms with Crippen molar-refractivity contribution in [2.24, 2.45) is 4.99 Å². The monoisotopic (exact) mass is 444 g/mol. The quantitative estimate of drug-likeness (QED) is 0.560. The number of fused-ring (bicyclic) bond motifs is 1. The fourth-order valence-electron chi connectivity index (χ4n) is 4.63. The number of aromatic nitrogens is 3. The van der Waals surface area contributed by atoms with Gasteiger partial charge in [-0.25, -0.2) is 9.67 Å². The molecular formula is C21H29BrN6. The van der Waals surface area contributed by atoms with E-state index in [0.29, 0.717) is 6.04 Å². The summed E-state index contributed by atoms with van der Waals surface area (Å²) in [7, 11) is 1.85. The molecule has 1 fully saturated rings. The maximum atomic E-state index is 4.50. The summed E-state index contributed by atoms with van der Waals surface area (Å²) in [5.74, 6) is 2.83. The van der Waals surface area contributed by atoms with E-state index in [9.17, 15) is 0 Å². The van der Waals surface area contributed by atoms with Crippen molar-refractivity contribution in [2.75, 3.05) is 13.6 Å². The zero-order valence-electron chi connectivity index (χ0n) is 16.7. The molecule has 1 aromatic carbocycles. The number of aliphatic imine (C=N–C) groups is 1. The Morgan fingerprint density at radius 1 is 1.36 bits per heavy atom. The van der Waals surface area contributed by atoms with E-state index in [4.69, 9.17) is 0 Å². The minimum Gasteiger partial charge on any atom is -0.356 e. The zero-order chi connectivity index (χ0) is 19.6. The van der Waals surface area contributed by atoms with E-state index in [0.717, 1.165) is 48.0 Å². The minimum atomic E-state index is 0.185. The van der Waals surface area contributed by atoms with Gasteiger partial charge in [0, 0.05) is 35.9 Å². The van der Waals surface area contributed by atoms with Crippen LogP contribution in [0, 0.1) is 6.92 Å². The van der Waals surface area contributed by atoms with Gasteiger partial charge in [0.15, 0.2) is 5.96 Å². The number of benzene rings is 1. The van der Waals surface area contributed by atoms with Gasteiger partial charge in [-0.3, -0.25) is 4.99 Å². The molecule has 1 atom stereocenters. The van der Waals surface area contributed by atoms with Gasteiger partial charge >= 0.3 is 0 Å². The number of halogens is 1. The predicted molar refractivity (Wildman–Crippen MR) is 116 cm³/mol. The van der Waals surface area contributed by atoms with E-state index in [1.807, 2.05) is 18.7 Å². The predicted octanol–water partition coefficient (Wildman–Crippen LogP) is 3.34. The van der Waals surface area contributed by atoms with E-state index in [1.54, 1.807) is 0 Å². The maximum absolute atomic E-state index is 4.50. The summed E-state index contributed by atoms with van der Waals surface area (Å²) in [5.41, 5.74) is 1.60. The smallest absolute Gasteiger partial charge is 0.191 e. The first-order chi connectivity index (χ1) is 13.6. The molecule has 0 saturated heterocycles. The van der Waals surface area contributed by atoms with Crippen molar-refractivity contribution in [3.8, 4) is 0 Å². The summed E-state index contributed by atoms with van der Waals surface area (Å²) in [6.45, 7) is 3.70. The lowest BCUT2D eigenvalue weighted by atomic mass is 9.79. The number of hydrogen-bond acceptors (Lipinski definition) is 3. The molecule has 1 unspecified atom stereocenters. The Hall–Kier alpha value is -1.89. The molecule has 2 aliphatic rings. The van der Waals surface area contributed by atoms with Crippen LogP contribution in [-0.2, 0) is 18.4 Å². The molecule has 0 spiro atoms. The third-order valence-electron chi connectivity index (χ3n) is 6.12. The number of rotatable bonds is 4. The van der Waals surface area contributed by atoms with Crippen molar-refractivity contribution in [3.05, 3.63) is 46.0 Å². The average Bonchev–Trinajstić information content (AvgIpc) is 3.31. The van der Waals surface area contributed by atoms with Crippen molar-refractivity contribution in [1.82, 2.24) is 25.4 Å². The zero-order valence-corrected chi connectivity index (χ0v) is 18.3. The molecule has 2 N–H and O–H groups in total. The van der Waals surface area contributed by atoms with Gasteiger partial charge in [-0.2, -0.15) is 5.10 Å². The van der Waals surface area contributed by atoms with Crippen LogP contribution in [0.3, 0.4) is 0 Å². The number of nitrogens with zero attached hydrogens (tertiary/aromatic N) is 4. The van der Waals surface area contributed by atoms with Gasteiger partial charge in [-0.05, 0) is 43.9 Å². The second-order valence-corrected chi connectivity index (χ2v) is 8.98. The van der Waals surface area contributed by atoms with Crippen LogP contribution < -0.4 is 10.6 Å². The lowest BCUT2D eigenvalue weighted by molar-refractivity contribution is 0.386. The molecule has 0 bridgehead atoms. The molecule has 4 rings (SSSR count). The molecule has 7 heteroatoms. The van der Waals surface area contributed by atoms with Crippen molar-refractivity contribution in [1.29, 1.82) is 0 Å². The topological polar surface area (TPSA) is 67.1 Å². The Morgan fingerprint density at radius 3 is 2.93 bits per heavy atom. The Morgan fingerprint density at radius 2 is 2.18 bits per heavy atom. The Kier molecular flexibility index (Phi) is 5.71. The Balaban J connectivity index is 1.41. The van der Waals surface area contributed by atoms with E-state index < -0.39 is 0 Å². The van der Waals surface area contributed by atoms with E-state index >= 15 is 0 Å². The van der Waals surface area contributed by atoms with Crippen molar-refractivity contribution < 1.29 is 0 Å². The first-order valence-corrected chi connectivity index (χ1v) is 11.0. The summed E-state index contributed by atoms with van der Waals surface area (Å²) < 4.78 is 3.18. The molecule has 1 saturated carbocycles. The van der Waals surface area contributed by atoms with Crippen LogP contribution in [0.15, 0.2) is 33.7 Å². The maximum Gasteiger partial charge on any atom is 0.191 e. The summed E-state index contributed by atoms with van der Waals surface area (Å²) in [6, 6.07) is 9.11. The highest BCUT2D eigenvalue weighted by molar-refractivity contribution is 9.10. The lowest BCUT2D eigenvalue weighted by Crippen LogP contribution is -2.50. The van der Waals surface area contributed by atoms with Crippen LogP contribution >= 0.6 is 15.9 Å². The molecule has 150 valence electrons. The standard InChI is InChI=1S/C21H29BrN6/c1-15-25-19-9-8-18(13-28(19)27-15)26-20(23-2)24-14-21(10-3-4-11-21)16-6-5-7-17(22)12-16/h5-7,12,18H,3-4,8-11,13-14H2,1-2H3,(H2,23,24,26). The Bertz CT molecular complexity index is 852. The first kappa shape index (κ1) is 19.4. The van der Waals surface area contributed by atoms with Crippen LogP contribution in [0.2, 0.25) is 0 Å². The number of hydrogen-bond donors (Lipinski definition) is 2. The highest BCUT2D eigenvalue weighted by Gasteiger charge is 2.36. The van der Waals surface area contributed by atoms with Gasteiger partial charge in [0.25, 0.3) is 0 Å². The van der Waals surface area contributed by atoms with Crippen LogP contribution in [-0.4, -0.2) is 40.4 Å². The van der Waals surface area contributed by atoms with Crippen molar-refractivity contribution in [3.63, 3.8) is 0 Å². The molecule has 2 heterocycles. The Labute approximate surface area is 175 Å². The third-order valence-corrected chi connectivity index (χ3v) is 6.61. The van der Waals surface area contributed by atoms with Gasteiger partial charge in [0.05, 0.1) is 6.54 Å². The van der Waals surface area contributed by atoms with Crippen LogP contribution in [0.4, 0.5) is 0 Å². The third kappa shape index (κ3) is 4.09. The first-order valence-electron chi connectivity index (χ1n) is 10.2. The van der Waals surface area contributed by atoms with Crippen LogP contribution in [0.1, 0.15) is 49.3 Å². The molecule has 0 amide bonds. The highest BCUT2D eigenvalue weighted by Crippen LogP contribution is 2.41. The van der Waals surface area contributed by atoms with Gasteiger partial charge in [-0.1, -0.05) is 40.9 Å². The van der Waals surface area contributed by atoms with Gasteiger partial charge in [-0.15, -0.1) is 0 Å². The highest BCUT2D eigenvalue weighted by atomic mass is 79.9. The molecule has 2 aromatic rings. The summed E-state index contributed by atoms with van der Waals surface area (Å²) in [6.07, 6.45) is 7.03. The summed E-state index contributed by atoms with van der Waals surface area (Å²) in [5, 5.41) is 11.7. The average molecular weight is 445 g/mol. The lowest BCUT2D eigenvalue weighted by Gasteiger charge is -2.32. The van der Waals surface area contributed by atoms with Crippen molar-refractivity contribution >= 4 is 21.9 Å². The normalized spacial score (nSPS) is 21.4. The number of aryl methyl sites for hydroxylation is 2.